The van der Waals surface area contributed by atoms with Gasteiger partial charge in [0.05, 0.1) is 12.7 Å². The summed E-state index contributed by atoms with van der Waals surface area (Å²) in [7, 11) is 1.40. The molecule has 4 nitrogen and oxygen atoms in total. The van der Waals surface area contributed by atoms with Gasteiger partial charge in [0.25, 0.3) is 0 Å². The van der Waals surface area contributed by atoms with Gasteiger partial charge < -0.3 is 14.6 Å². The predicted octanol–water partition coefficient (Wildman–Crippen LogP) is 4.78. The van der Waals surface area contributed by atoms with E-state index in [-0.39, 0.29) is 31.3 Å². The number of hydrogen-bond acceptors (Lipinski definition) is 4. The minimum Gasteiger partial charge on any atom is -0.465 e. The van der Waals surface area contributed by atoms with Gasteiger partial charge >= 0.3 is 5.97 Å². The highest BCUT2D eigenvalue weighted by Gasteiger charge is 2.47. The molecule has 0 spiro atoms. The molecule has 4 atom stereocenters. The molecule has 3 rings (SSSR count). The van der Waals surface area contributed by atoms with E-state index in [4.69, 9.17) is 4.74 Å². The standard InChI is InChI=1S/C20H26O4.C2H6.CH4/c1-20(12-22)9-7-16-15-5-4-14(19(23)24-2)11-13(15)3-6-17(16)18(20)8-10-21;1-2;/h4-5,10-11,16-18,22H,3,6-9,12H2,1-2H3;1-2H3;1H4/t16?,17?,18?,20-;;/m1../s1. The van der Waals surface area contributed by atoms with E-state index in [1.54, 1.807) is 0 Å². The van der Waals surface area contributed by atoms with Gasteiger partial charge in [-0.1, -0.05) is 34.3 Å². The number of ether oxygens (including phenoxy) is 1. The number of carbonyl (C=O) groups is 2. The average molecular weight is 377 g/mol. The molecule has 152 valence electrons. The van der Waals surface area contributed by atoms with Gasteiger partial charge in [0.15, 0.2) is 0 Å². The lowest BCUT2D eigenvalue weighted by Gasteiger charge is -2.51. The largest absolute Gasteiger partial charge is 0.465 e. The smallest absolute Gasteiger partial charge is 0.337 e. The van der Waals surface area contributed by atoms with Crippen LogP contribution in [0.15, 0.2) is 18.2 Å². The topological polar surface area (TPSA) is 63.6 Å². The van der Waals surface area contributed by atoms with Crippen LogP contribution in [0, 0.1) is 17.3 Å². The number of benzene rings is 1. The third kappa shape index (κ3) is 4.43. The normalized spacial score (nSPS) is 28.4. The first-order valence-electron chi connectivity index (χ1n) is 9.79. The fraction of sp³-hybridized carbons (Fsp3) is 0.652. The molecule has 3 unspecified atom stereocenters. The molecule has 0 bridgehead atoms. The van der Waals surface area contributed by atoms with Gasteiger partial charge in [-0.25, -0.2) is 4.79 Å². The summed E-state index contributed by atoms with van der Waals surface area (Å²) in [5.74, 6) is 0.782. The molecule has 1 N–H and O–H groups in total. The summed E-state index contributed by atoms with van der Waals surface area (Å²) in [4.78, 5) is 23.0. The van der Waals surface area contributed by atoms with E-state index in [9.17, 15) is 14.7 Å². The zero-order valence-electron chi connectivity index (χ0n) is 16.5. The number of rotatable bonds is 4. The van der Waals surface area contributed by atoms with Gasteiger partial charge in [-0.15, -0.1) is 0 Å². The van der Waals surface area contributed by atoms with Crippen LogP contribution in [0.4, 0.5) is 0 Å². The van der Waals surface area contributed by atoms with Gasteiger partial charge in [0, 0.05) is 13.0 Å². The summed E-state index contributed by atoms with van der Waals surface area (Å²) in [6.45, 7) is 6.26. The van der Waals surface area contributed by atoms with Crippen molar-refractivity contribution in [3.63, 3.8) is 0 Å². The SMILES string of the molecule is C.CC.COC(=O)c1ccc2c(c1)CCC1C2CC[C@](C)(CO)C1CC=O. The minimum absolute atomic E-state index is 0. The van der Waals surface area contributed by atoms with Crippen LogP contribution in [0.3, 0.4) is 0 Å². The van der Waals surface area contributed by atoms with E-state index in [1.165, 1.54) is 18.2 Å². The van der Waals surface area contributed by atoms with E-state index in [2.05, 4.69) is 13.0 Å². The summed E-state index contributed by atoms with van der Waals surface area (Å²) in [6.07, 6.45) is 5.42. The lowest BCUT2D eigenvalue weighted by atomic mass is 9.54. The number of esters is 1. The van der Waals surface area contributed by atoms with Crippen molar-refractivity contribution in [3.05, 3.63) is 34.9 Å². The second kappa shape index (κ2) is 10.0. The molecule has 27 heavy (non-hydrogen) atoms. The van der Waals surface area contributed by atoms with Crippen molar-refractivity contribution in [1.82, 2.24) is 0 Å². The Hall–Kier alpha value is -1.68. The van der Waals surface area contributed by atoms with E-state index in [1.807, 2.05) is 26.0 Å². The molecule has 0 amide bonds. The number of aliphatic hydroxyl groups is 1. The average Bonchev–Trinajstić information content (AvgIpc) is 2.70. The maximum absolute atomic E-state index is 11.8. The summed E-state index contributed by atoms with van der Waals surface area (Å²) in [5.41, 5.74) is 2.99. The molecule has 2 aliphatic carbocycles. The van der Waals surface area contributed by atoms with Crippen molar-refractivity contribution in [2.45, 2.75) is 66.2 Å². The van der Waals surface area contributed by atoms with Gasteiger partial charge in [0.1, 0.15) is 6.29 Å². The molecule has 0 radical (unpaired) electrons. The molecule has 1 fully saturated rings. The fourth-order valence-electron chi connectivity index (χ4n) is 4.98. The minimum atomic E-state index is -0.296. The van der Waals surface area contributed by atoms with Crippen LogP contribution in [0.2, 0.25) is 0 Å². The van der Waals surface area contributed by atoms with Crippen molar-refractivity contribution in [2.24, 2.45) is 17.3 Å². The highest BCUT2D eigenvalue weighted by Crippen LogP contribution is 2.55. The van der Waals surface area contributed by atoms with Crippen LogP contribution < -0.4 is 0 Å². The van der Waals surface area contributed by atoms with E-state index < -0.39 is 0 Å². The number of hydrogen-bond donors (Lipinski definition) is 1. The maximum atomic E-state index is 11.8. The second-order valence-corrected chi connectivity index (χ2v) is 7.57. The molecular weight excluding hydrogens is 340 g/mol. The zero-order chi connectivity index (χ0) is 19.3. The molecule has 0 heterocycles. The number of carbonyl (C=O) groups excluding carboxylic acids is 2. The quantitative estimate of drug-likeness (QED) is 0.607. The van der Waals surface area contributed by atoms with E-state index in [0.717, 1.165) is 32.0 Å². The van der Waals surface area contributed by atoms with Crippen LogP contribution in [0.1, 0.15) is 81.3 Å². The molecule has 2 aliphatic rings. The van der Waals surface area contributed by atoms with E-state index in [0.29, 0.717) is 23.8 Å². The molecule has 1 saturated carbocycles. The Morgan fingerprint density at radius 1 is 1.33 bits per heavy atom. The summed E-state index contributed by atoms with van der Waals surface area (Å²) in [6, 6.07) is 5.88. The molecule has 0 saturated heterocycles. The first-order chi connectivity index (χ1) is 12.5. The Balaban J connectivity index is 0.00000118. The van der Waals surface area contributed by atoms with Crippen LogP contribution in [0.25, 0.3) is 0 Å². The molecule has 0 aliphatic heterocycles. The van der Waals surface area contributed by atoms with Crippen molar-refractivity contribution in [3.8, 4) is 0 Å². The maximum Gasteiger partial charge on any atom is 0.337 e. The Morgan fingerprint density at radius 3 is 2.63 bits per heavy atom. The van der Waals surface area contributed by atoms with Gasteiger partial charge in [-0.2, -0.15) is 0 Å². The van der Waals surface area contributed by atoms with Gasteiger partial charge in [0.2, 0.25) is 0 Å². The molecular formula is C23H36O4. The van der Waals surface area contributed by atoms with Crippen LogP contribution in [-0.4, -0.2) is 31.1 Å². The number of methoxy groups -OCH3 is 1. The molecule has 1 aromatic carbocycles. The highest BCUT2D eigenvalue weighted by molar-refractivity contribution is 5.89. The lowest BCUT2D eigenvalue weighted by molar-refractivity contribution is -0.112. The van der Waals surface area contributed by atoms with Crippen molar-refractivity contribution in [2.75, 3.05) is 13.7 Å². The van der Waals surface area contributed by atoms with Crippen LogP contribution in [0.5, 0.6) is 0 Å². The van der Waals surface area contributed by atoms with Crippen molar-refractivity contribution >= 4 is 12.3 Å². The lowest BCUT2D eigenvalue weighted by Crippen LogP contribution is -2.44. The molecule has 1 aromatic rings. The monoisotopic (exact) mass is 376 g/mol. The Kier molecular flexibility index (Phi) is 8.67. The Bertz CT molecular complexity index is 639. The third-order valence-corrected chi connectivity index (χ3v) is 6.38. The van der Waals surface area contributed by atoms with Crippen molar-refractivity contribution in [1.29, 1.82) is 0 Å². The highest BCUT2D eigenvalue weighted by atomic mass is 16.5. The number of aryl methyl sites for hydroxylation is 1. The second-order valence-electron chi connectivity index (χ2n) is 7.57. The molecule has 4 heteroatoms. The van der Waals surface area contributed by atoms with E-state index >= 15 is 0 Å². The Morgan fingerprint density at radius 2 is 2.04 bits per heavy atom. The fourth-order valence-corrected chi connectivity index (χ4v) is 4.98. The molecule has 0 aromatic heterocycles. The van der Waals surface area contributed by atoms with Crippen molar-refractivity contribution < 1.29 is 19.4 Å². The van der Waals surface area contributed by atoms with Gasteiger partial charge in [-0.3, -0.25) is 0 Å². The number of fused-ring (bicyclic) bond motifs is 3. The summed E-state index contributed by atoms with van der Waals surface area (Å²) < 4.78 is 4.82. The summed E-state index contributed by atoms with van der Waals surface area (Å²) in [5, 5.41) is 9.89. The Labute approximate surface area is 164 Å². The number of aliphatic hydroxyl groups excluding tert-OH is 1. The number of aldehydes is 1. The predicted molar refractivity (Wildman–Crippen MR) is 109 cm³/mol. The van der Waals surface area contributed by atoms with Crippen LogP contribution >= 0.6 is 0 Å². The zero-order valence-corrected chi connectivity index (χ0v) is 16.5. The summed E-state index contributed by atoms with van der Waals surface area (Å²) >= 11 is 0. The third-order valence-electron chi connectivity index (χ3n) is 6.38. The first kappa shape index (κ1) is 23.4. The van der Waals surface area contributed by atoms with Crippen LogP contribution in [-0.2, 0) is 16.0 Å². The first-order valence-corrected chi connectivity index (χ1v) is 9.79. The van der Waals surface area contributed by atoms with Gasteiger partial charge in [-0.05, 0) is 72.1 Å².